The highest BCUT2D eigenvalue weighted by molar-refractivity contribution is 5.78. The Bertz CT molecular complexity index is 168. The van der Waals surface area contributed by atoms with E-state index in [1.807, 2.05) is 11.8 Å². The van der Waals surface area contributed by atoms with Gasteiger partial charge >= 0.3 is 0 Å². The summed E-state index contributed by atoms with van der Waals surface area (Å²) in [5.41, 5.74) is 0.960. The number of amides is 1. The van der Waals surface area contributed by atoms with E-state index in [9.17, 15) is 4.79 Å². The summed E-state index contributed by atoms with van der Waals surface area (Å²) in [7, 11) is 0. The molecule has 0 radical (unpaired) electrons. The van der Waals surface area contributed by atoms with Crippen LogP contribution in [0, 0.1) is 0 Å². The Morgan fingerprint density at radius 2 is 2.00 bits per heavy atom. The predicted molar refractivity (Wildman–Crippen MR) is 45.2 cm³/mol. The zero-order valence-electron chi connectivity index (χ0n) is 7.10. The van der Waals surface area contributed by atoms with Crippen LogP contribution in [0.2, 0.25) is 0 Å². The molecule has 0 aromatic carbocycles. The van der Waals surface area contributed by atoms with Crippen molar-refractivity contribution >= 4 is 5.91 Å². The van der Waals surface area contributed by atoms with E-state index in [0.29, 0.717) is 6.42 Å². The van der Waals surface area contributed by atoms with Gasteiger partial charge in [-0.25, -0.2) is 0 Å². The number of hydrogen-bond acceptors (Lipinski definition) is 1. The summed E-state index contributed by atoms with van der Waals surface area (Å²) in [6, 6.07) is 0. The van der Waals surface area contributed by atoms with Crippen LogP contribution in [0.25, 0.3) is 0 Å². The Morgan fingerprint density at radius 3 is 2.45 bits per heavy atom. The van der Waals surface area contributed by atoms with Gasteiger partial charge in [-0.1, -0.05) is 12.2 Å². The minimum Gasteiger partial charge on any atom is -0.342 e. The Balaban J connectivity index is 2.34. The molecule has 1 aliphatic heterocycles. The van der Waals surface area contributed by atoms with Crippen molar-refractivity contribution in [1.29, 1.82) is 0 Å². The maximum absolute atomic E-state index is 11.3. The van der Waals surface area contributed by atoms with Crippen LogP contribution in [-0.4, -0.2) is 23.9 Å². The molecule has 1 saturated heterocycles. The molecule has 0 N–H and O–H groups in total. The predicted octanol–water partition coefficient (Wildman–Crippen LogP) is 1.58. The molecule has 0 aromatic rings. The third-order valence-electron chi connectivity index (χ3n) is 1.91. The lowest BCUT2D eigenvalue weighted by Gasteiger charge is -2.14. The number of carbonyl (C=O) groups excluding carboxylic acids is 1. The highest BCUT2D eigenvalue weighted by Crippen LogP contribution is 2.10. The number of rotatable bonds is 2. The van der Waals surface area contributed by atoms with Crippen molar-refractivity contribution in [3.8, 4) is 0 Å². The maximum Gasteiger partial charge on any atom is 0.226 e. The second-order valence-electron chi connectivity index (χ2n) is 3.22. The fourth-order valence-electron chi connectivity index (χ4n) is 1.34. The van der Waals surface area contributed by atoms with E-state index >= 15 is 0 Å². The van der Waals surface area contributed by atoms with E-state index in [4.69, 9.17) is 0 Å². The van der Waals surface area contributed by atoms with Crippen LogP contribution in [0.15, 0.2) is 12.2 Å². The Morgan fingerprint density at radius 1 is 1.45 bits per heavy atom. The summed E-state index contributed by atoms with van der Waals surface area (Å²) in [6.45, 7) is 7.52. The average Bonchev–Trinajstić information content (AvgIpc) is 2.35. The normalized spacial score (nSPS) is 17.0. The first-order valence-corrected chi connectivity index (χ1v) is 4.12. The molecule has 1 amide bonds. The average molecular weight is 153 g/mol. The molecule has 1 heterocycles. The summed E-state index contributed by atoms with van der Waals surface area (Å²) >= 11 is 0. The first-order chi connectivity index (χ1) is 5.20. The summed E-state index contributed by atoms with van der Waals surface area (Å²) in [5.74, 6) is 0.245. The largest absolute Gasteiger partial charge is 0.342 e. The second kappa shape index (κ2) is 3.56. The zero-order valence-corrected chi connectivity index (χ0v) is 7.10. The number of nitrogens with zero attached hydrogens (tertiary/aromatic N) is 1. The van der Waals surface area contributed by atoms with Gasteiger partial charge in [0, 0.05) is 19.5 Å². The first kappa shape index (κ1) is 8.31. The Hall–Kier alpha value is -0.790. The van der Waals surface area contributed by atoms with Crippen LogP contribution in [0.3, 0.4) is 0 Å². The molecule has 1 rings (SSSR count). The lowest BCUT2D eigenvalue weighted by atomic mass is 10.2. The van der Waals surface area contributed by atoms with Crippen molar-refractivity contribution in [2.24, 2.45) is 0 Å². The smallest absolute Gasteiger partial charge is 0.226 e. The van der Waals surface area contributed by atoms with Crippen molar-refractivity contribution in [3.05, 3.63) is 12.2 Å². The topological polar surface area (TPSA) is 20.3 Å². The molecule has 0 aromatic heterocycles. The minimum atomic E-state index is 0.245. The number of hydrogen-bond donors (Lipinski definition) is 0. The molecule has 1 fully saturated rings. The molecule has 0 unspecified atom stereocenters. The standard InChI is InChI=1S/C9H15NO/c1-8(2)7-9(11)10-5-3-4-6-10/h1,3-7H2,2H3. The molecule has 1 aliphatic rings. The molecule has 0 bridgehead atoms. The summed E-state index contributed by atoms with van der Waals surface area (Å²) in [4.78, 5) is 13.2. The van der Waals surface area contributed by atoms with E-state index in [0.717, 1.165) is 18.7 Å². The first-order valence-electron chi connectivity index (χ1n) is 4.12. The molecule has 2 nitrogen and oxygen atoms in total. The quantitative estimate of drug-likeness (QED) is 0.551. The molecular formula is C9H15NO. The second-order valence-corrected chi connectivity index (χ2v) is 3.22. The van der Waals surface area contributed by atoms with Gasteiger partial charge in [0.05, 0.1) is 0 Å². The van der Waals surface area contributed by atoms with E-state index < -0.39 is 0 Å². The fourth-order valence-corrected chi connectivity index (χ4v) is 1.34. The molecule has 0 saturated carbocycles. The molecule has 62 valence electrons. The van der Waals surface area contributed by atoms with E-state index in [2.05, 4.69) is 6.58 Å². The van der Waals surface area contributed by atoms with Crippen LogP contribution in [0.4, 0.5) is 0 Å². The van der Waals surface area contributed by atoms with Gasteiger partial charge in [0.25, 0.3) is 0 Å². The van der Waals surface area contributed by atoms with Crippen molar-refractivity contribution < 1.29 is 4.79 Å². The highest BCUT2D eigenvalue weighted by atomic mass is 16.2. The van der Waals surface area contributed by atoms with Gasteiger partial charge in [-0.2, -0.15) is 0 Å². The third-order valence-corrected chi connectivity index (χ3v) is 1.91. The zero-order chi connectivity index (χ0) is 8.27. The SMILES string of the molecule is C=C(C)CC(=O)N1CCCC1. The molecule has 0 aliphatic carbocycles. The molecule has 2 heteroatoms. The van der Waals surface area contributed by atoms with Gasteiger partial charge in [0.1, 0.15) is 0 Å². The summed E-state index contributed by atoms with van der Waals surface area (Å²) in [6.07, 6.45) is 2.86. The lowest BCUT2D eigenvalue weighted by molar-refractivity contribution is -0.129. The van der Waals surface area contributed by atoms with Crippen LogP contribution in [0.5, 0.6) is 0 Å². The number of carbonyl (C=O) groups is 1. The summed E-state index contributed by atoms with van der Waals surface area (Å²) < 4.78 is 0. The maximum atomic E-state index is 11.3. The Kier molecular flexibility index (Phi) is 2.69. The van der Waals surface area contributed by atoms with E-state index in [-0.39, 0.29) is 5.91 Å². The lowest BCUT2D eigenvalue weighted by Crippen LogP contribution is -2.27. The van der Waals surface area contributed by atoms with Crippen LogP contribution in [0.1, 0.15) is 26.2 Å². The number of likely N-dealkylation sites (tertiary alicyclic amines) is 1. The van der Waals surface area contributed by atoms with Gasteiger partial charge in [-0.05, 0) is 19.8 Å². The van der Waals surface area contributed by atoms with Crippen molar-refractivity contribution in [2.45, 2.75) is 26.2 Å². The summed E-state index contributed by atoms with van der Waals surface area (Å²) in [5, 5.41) is 0. The van der Waals surface area contributed by atoms with Crippen molar-refractivity contribution in [3.63, 3.8) is 0 Å². The van der Waals surface area contributed by atoms with Gasteiger partial charge < -0.3 is 4.90 Å². The molecular weight excluding hydrogens is 138 g/mol. The van der Waals surface area contributed by atoms with Crippen LogP contribution in [-0.2, 0) is 4.79 Å². The van der Waals surface area contributed by atoms with E-state index in [1.165, 1.54) is 12.8 Å². The fraction of sp³-hybridized carbons (Fsp3) is 0.667. The molecule has 0 atom stereocenters. The van der Waals surface area contributed by atoms with Gasteiger partial charge in [-0.3, -0.25) is 4.79 Å². The van der Waals surface area contributed by atoms with E-state index in [1.54, 1.807) is 0 Å². The van der Waals surface area contributed by atoms with Gasteiger partial charge in [-0.15, -0.1) is 0 Å². The van der Waals surface area contributed by atoms with Gasteiger partial charge in [0.15, 0.2) is 0 Å². The van der Waals surface area contributed by atoms with Crippen molar-refractivity contribution in [1.82, 2.24) is 4.90 Å². The minimum absolute atomic E-state index is 0.245. The Labute approximate surface area is 67.9 Å². The van der Waals surface area contributed by atoms with Crippen molar-refractivity contribution in [2.75, 3.05) is 13.1 Å². The third kappa shape index (κ3) is 2.37. The highest BCUT2D eigenvalue weighted by Gasteiger charge is 2.16. The monoisotopic (exact) mass is 153 g/mol. The van der Waals surface area contributed by atoms with Gasteiger partial charge in [0.2, 0.25) is 5.91 Å². The van der Waals surface area contributed by atoms with Crippen LogP contribution >= 0.6 is 0 Å². The molecule has 0 spiro atoms. The van der Waals surface area contributed by atoms with Crippen LogP contribution < -0.4 is 0 Å². The molecule has 11 heavy (non-hydrogen) atoms.